The molecule has 6 heteroatoms. The first kappa shape index (κ1) is 16.1. The van der Waals surface area contributed by atoms with Gasteiger partial charge in [0.25, 0.3) is 0 Å². The highest BCUT2D eigenvalue weighted by Crippen LogP contribution is 2.14. The molecule has 2 aromatic heterocycles. The number of hydrogen-bond acceptors (Lipinski definition) is 3. The van der Waals surface area contributed by atoms with Crippen LogP contribution >= 0.6 is 0 Å². The van der Waals surface area contributed by atoms with Crippen molar-refractivity contribution in [2.75, 3.05) is 0 Å². The molecule has 26 heavy (non-hydrogen) atoms. The second kappa shape index (κ2) is 7.23. The first-order valence-electron chi connectivity index (χ1n) is 8.54. The van der Waals surface area contributed by atoms with Crippen LogP contribution in [-0.2, 0) is 17.9 Å². The van der Waals surface area contributed by atoms with Gasteiger partial charge in [0.2, 0.25) is 5.91 Å². The molecule has 4 rings (SSSR count). The van der Waals surface area contributed by atoms with Crippen LogP contribution in [0.25, 0.3) is 16.7 Å². The molecule has 0 bridgehead atoms. The molecule has 0 saturated carbocycles. The number of nitrogens with one attached hydrogen (secondary N) is 1. The molecule has 0 aliphatic rings. The van der Waals surface area contributed by atoms with Crippen LogP contribution in [0.2, 0.25) is 0 Å². The number of para-hydroxylation sites is 3. The van der Waals surface area contributed by atoms with Gasteiger partial charge in [-0.25, -0.2) is 9.97 Å². The molecule has 6 nitrogen and oxygen atoms in total. The van der Waals surface area contributed by atoms with Crippen molar-refractivity contribution in [1.82, 2.24) is 24.4 Å². The van der Waals surface area contributed by atoms with E-state index in [1.54, 1.807) is 18.9 Å². The van der Waals surface area contributed by atoms with E-state index in [9.17, 15) is 4.79 Å². The summed E-state index contributed by atoms with van der Waals surface area (Å²) in [6.07, 6.45) is 7.58. The number of aromatic nitrogens is 4. The molecule has 0 atom stereocenters. The number of amides is 1. The van der Waals surface area contributed by atoms with Crippen molar-refractivity contribution in [2.24, 2.45) is 0 Å². The number of aryl methyl sites for hydroxylation is 1. The van der Waals surface area contributed by atoms with Gasteiger partial charge in [-0.3, -0.25) is 4.79 Å². The van der Waals surface area contributed by atoms with E-state index in [1.165, 1.54) is 0 Å². The quantitative estimate of drug-likeness (QED) is 0.584. The van der Waals surface area contributed by atoms with E-state index < -0.39 is 0 Å². The molecule has 0 saturated heterocycles. The minimum atomic E-state index is 0.0169. The Bertz CT molecular complexity index is 1020. The molecule has 1 amide bonds. The molecule has 0 aliphatic carbocycles. The number of imidazole rings is 2. The number of fused-ring (bicyclic) bond motifs is 1. The summed E-state index contributed by atoms with van der Waals surface area (Å²) in [4.78, 5) is 20.7. The highest BCUT2D eigenvalue weighted by molar-refractivity contribution is 5.77. The van der Waals surface area contributed by atoms with Crippen LogP contribution in [0.3, 0.4) is 0 Å². The van der Waals surface area contributed by atoms with Gasteiger partial charge in [0, 0.05) is 31.9 Å². The fourth-order valence-corrected chi connectivity index (χ4v) is 3.01. The van der Waals surface area contributed by atoms with Crippen LogP contribution in [0.4, 0.5) is 0 Å². The smallest absolute Gasteiger partial charge is 0.222 e. The SMILES string of the molecule is O=C(CCn1cnc2ccccc21)NCc1ccccc1-n1ccnc1. The molecule has 0 aliphatic heterocycles. The maximum absolute atomic E-state index is 12.3. The maximum atomic E-state index is 12.3. The average Bonchev–Trinajstić information content (AvgIpc) is 3.35. The van der Waals surface area contributed by atoms with Gasteiger partial charge in [-0.15, -0.1) is 0 Å². The Labute approximate surface area is 151 Å². The minimum absolute atomic E-state index is 0.0169. The number of rotatable bonds is 6. The lowest BCUT2D eigenvalue weighted by atomic mass is 10.1. The monoisotopic (exact) mass is 345 g/mol. The van der Waals surface area contributed by atoms with E-state index in [0.29, 0.717) is 19.5 Å². The van der Waals surface area contributed by atoms with Crippen LogP contribution in [0, 0.1) is 0 Å². The molecule has 0 radical (unpaired) electrons. The number of hydrogen-bond donors (Lipinski definition) is 1. The second-order valence-corrected chi connectivity index (χ2v) is 6.05. The van der Waals surface area contributed by atoms with Gasteiger partial charge < -0.3 is 14.5 Å². The summed E-state index contributed by atoms with van der Waals surface area (Å²) < 4.78 is 3.95. The van der Waals surface area contributed by atoms with E-state index in [4.69, 9.17) is 0 Å². The number of benzene rings is 2. The summed E-state index contributed by atoms with van der Waals surface area (Å²) in [5, 5.41) is 3.01. The topological polar surface area (TPSA) is 64.7 Å². The Balaban J connectivity index is 1.38. The van der Waals surface area contributed by atoms with Crippen LogP contribution < -0.4 is 5.32 Å². The lowest BCUT2D eigenvalue weighted by Crippen LogP contribution is -2.24. The molecule has 0 unspecified atom stereocenters. The molecule has 130 valence electrons. The normalized spacial score (nSPS) is 10.9. The number of carbonyl (C=O) groups is 1. The van der Waals surface area contributed by atoms with Crippen molar-refractivity contribution >= 4 is 16.9 Å². The third-order valence-electron chi connectivity index (χ3n) is 4.36. The molecule has 2 aromatic carbocycles. The lowest BCUT2D eigenvalue weighted by Gasteiger charge is -2.11. The average molecular weight is 345 g/mol. The first-order chi connectivity index (χ1) is 12.8. The zero-order valence-electron chi connectivity index (χ0n) is 14.2. The summed E-state index contributed by atoms with van der Waals surface area (Å²) in [6.45, 7) is 1.09. The Morgan fingerprint density at radius 2 is 1.88 bits per heavy atom. The Hall–Kier alpha value is -3.41. The Morgan fingerprint density at radius 3 is 2.77 bits per heavy atom. The fraction of sp³-hybridized carbons (Fsp3) is 0.150. The zero-order chi connectivity index (χ0) is 17.8. The molecular formula is C20H19N5O. The van der Waals surface area contributed by atoms with Crippen molar-refractivity contribution < 1.29 is 4.79 Å². The van der Waals surface area contributed by atoms with Gasteiger partial charge in [-0.2, -0.15) is 0 Å². The molecular weight excluding hydrogens is 326 g/mol. The van der Waals surface area contributed by atoms with Crippen molar-refractivity contribution in [3.05, 3.63) is 79.1 Å². The van der Waals surface area contributed by atoms with E-state index in [-0.39, 0.29) is 5.91 Å². The standard InChI is InChI=1S/C20H19N5O/c26-20(9-11-24-15-23-17-6-2-4-8-19(17)24)22-13-16-5-1-3-7-18(16)25-12-10-21-14-25/h1-8,10,12,14-15H,9,11,13H2,(H,22,26). The predicted octanol–water partition coefficient (Wildman–Crippen LogP) is 2.93. The molecule has 0 fully saturated rings. The number of nitrogens with zero attached hydrogens (tertiary/aromatic N) is 4. The lowest BCUT2D eigenvalue weighted by molar-refractivity contribution is -0.121. The van der Waals surface area contributed by atoms with Gasteiger partial charge >= 0.3 is 0 Å². The molecule has 1 N–H and O–H groups in total. The molecule has 2 heterocycles. The van der Waals surface area contributed by atoms with E-state index in [0.717, 1.165) is 22.3 Å². The van der Waals surface area contributed by atoms with Gasteiger partial charge in [-0.1, -0.05) is 30.3 Å². The summed E-state index contributed by atoms with van der Waals surface area (Å²) in [5.74, 6) is 0.0169. The van der Waals surface area contributed by atoms with Crippen molar-refractivity contribution in [2.45, 2.75) is 19.5 Å². The third-order valence-corrected chi connectivity index (χ3v) is 4.36. The summed E-state index contributed by atoms with van der Waals surface area (Å²) in [7, 11) is 0. The number of carbonyl (C=O) groups excluding carboxylic acids is 1. The molecule has 4 aromatic rings. The van der Waals surface area contributed by atoms with Crippen LogP contribution in [0.15, 0.2) is 73.6 Å². The molecule has 0 spiro atoms. The van der Waals surface area contributed by atoms with E-state index in [1.807, 2.05) is 63.9 Å². The second-order valence-electron chi connectivity index (χ2n) is 6.05. The van der Waals surface area contributed by atoms with Crippen molar-refractivity contribution in [3.63, 3.8) is 0 Å². The summed E-state index contributed by atoms with van der Waals surface area (Å²) in [6, 6.07) is 15.9. The summed E-state index contributed by atoms with van der Waals surface area (Å²) in [5.41, 5.74) is 4.06. The maximum Gasteiger partial charge on any atom is 0.222 e. The van der Waals surface area contributed by atoms with Gasteiger partial charge in [0.05, 0.1) is 29.4 Å². The minimum Gasteiger partial charge on any atom is -0.352 e. The van der Waals surface area contributed by atoms with Crippen molar-refractivity contribution in [3.8, 4) is 5.69 Å². The van der Waals surface area contributed by atoms with Crippen LogP contribution in [0.1, 0.15) is 12.0 Å². The van der Waals surface area contributed by atoms with Crippen LogP contribution in [0.5, 0.6) is 0 Å². The van der Waals surface area contributed by atoms with E-state index >= 15 is 0 Å². The van der Waals surface area contributed by atoms with Gasteiger partial charge in [0.1, 0.15) is 0 Å². The third kappa shape index (κ3) is 3.35. The van der Waals surface area contributed by atoms with Gasteiger partial charge in [-0.05, 0) is 23.8 Å². The summed E-state index contributed by atoms with van der Waals surface area (Å²) >= 11 is 0. The van der Waals surface area contributed by atoms with Crippen molar-refractivity contribution in [1.29, 1.82) is 0 Å². The van der Waals surface area contributed by atoms with Gasteiger partial charge in [0.15, 0.2) is 0 Å². The van der Waals surface area contributed by atoms with Crippen LogP contribution in [-0.4, -0.2) is 25.0 Å². The Morgan fingerprint density at radius 1 is 1.04 bits per heavy atom. The zero-order valence-corrected chi connectivity index (χ0v) is 14.2. The largest absolute Gasteiger partial charge is 0.352 e. The van der Waals surface area contributed by atoms with E-state index in [2.05, 4.69) is 15.3 Å². The Kier molecular flexibility index (Phi) is 4.47. The highest BCUT2D eigenvalue weighted by atomic mass is 16.1. The predicted molar refractivity (Wildman–Crippen MR) is 99.8 cm³/mol. The first-order valence-corrected chi connectivity index (χ1v) is 8.54. The fourth-order valence-electron chi connectivity index (χ4n) is 3.01. The highest BCUT2D eigenvalue weighted by Gasteiger charge is 2.08.